The number of benzene rings is 1. The van der Waals surface area contributed by atoms with Crippen LogP contribution in [0.2, 0.25) is 0 Å². The third-order valence-electron chi connectivity index (χ3n) is 1.48. The van der Waals surface area contributed by atoms with Crippen molar-refractivity contribution >= 4 is 18.2 Å². The average molecular weight is 188 g/mol. The van der Waals surface area contributed by atoms with Crippen LogP contribution in [-0.4, -0.2) is 12.1 Å². The molecule has 0 fully saturated rings. The van der Waals surface area contributed by atoms with Gasteiger partial charge in [0.1, 0.15) is 0 Å². The molecule has 0 bridgehead atoms. The van der Waals surface area contributed by atoms with Crippen molar-refractivity contribution in [3.05, 3.63) is 42.0 Å². The highest BCUT2D eigenvalue weighted by atomic mass is 16.6. The van der Waals surface area contributed by atoms with Crippen LogP contribution in [0.4, 0.5) is 0 Å². The third kappa shape index (κ3) is 3.67. The molecule has 0 aliphatic carbocycles. The van der Waals surface area contributed by atoms with E-state index < -0.39 is 0 Å². The number of hydrogen-bond acceptors (Lipinski definition) is 3. The molecule has 1 aromatic rings. The average Bonchev–Trinajstić information content (AvgIpc) is 2.25. The van der Waals surface area contributed by atoms with Gasteiger partial charge in [0.05, 0.1) is 0 Å². The third-order valence-corrected chi connectivity index (χ3v) is 1.48. The highest BCUT2D eigenvalue weighted by molar-refractivity contribution is 5.89. The molecule has 0 heterocycles. The summed E-state index contributed by atoms with van der Waals surface area (Å²) in [6.07, 6.45) is 4.85. The number of rotatable bonds is 3. The first-order valence-corrected chi connectivity index (χ1v) is 4.29. The zero-order chi connectivity index (χ0) is 10.2. The molecule has 1 aromatic carbocycles. The minimum absolute atomic E-state index is 0.0203. The van der Waals surface area contributed by atoms with Crippen LogP contribution in [0.15, 0.2) is 41.6 Å². The first-order chi connectivity index (χ1) is 6.83. The van der Waals surface area contributed by atoms with E-state index in [1.54, 1.807) is 19.1 Å². The second-order valence-electron chi connectivity index (χ2n) is 2.56. The Balaban J connectivity index is 2.52. The van der Waals surface area contributed by atoms with Crippen LogP contribution in [0, 0.1) is 5.41 Å². The topological polar surface area (TPSA) is 45.4 Å². The van der Waals surface area contributed by atoms with E-state index in [-0.39, 0.29) is 5.90 Å². The van der Waals surface area contributed by atoms with E-state index in [0.29, 0.717) is 0 Å². The van der Waals surface area contributed by atoms with Gasteiger partial charge in [-0.3, -0.25) is 5.41 Å². The van der Waals surface area contributed by atoms with Gasteiger partial charge in [0.25, 0.3) is 0 Å². The van der Waals surface area contributed by atoms with Gasteiger partial charge in [-0.05, 0) is 18.6 Å². The number of nitrogens with zero attached hydrogens (tertiary/aromatic N) is 1. The summed E-state index contributed by atoms with van der Waals surface area (Å²) in [7, 11) is 0. The quantitative estimate of drug-likeness (QED) is 0.442. The molecular formula is C11H12N2O. The molecule has 0 saturated carbocycles. The zero-order valence-corrected chi connectivity index (χ0v) is 7.97. The Kier molecular flexibility index (Phi) is 4.14. The Bertz CT molecular complexity index is 342. The van der Waals surface area contributed by atoms with E-state index in [2.05, 4.69) is 9.99 Å². The zero-order valence-electron chi connectivity index (χ0n) is 7.97. The monoisotopic (exact) mass is 188 g/mol. The van der Waals surface area contributed by atoms with Crippen LogP contribution in [0.25, 0.3) is 6.08 Å². The fraction of sp³-hybridized carbons (Fsp3) is 0.0909. The highest BCUT2D eigenvalue weighted by Gasteiger charge is 1.88. The smallest absolute Gasteiger partial charge is 0.241 e. The van der Waals surface area contributed by atoms with Crippen LogP contribution in [0.1, 0.15) is 12.5 Å². The minimum Gasteiger partial charge on any atom is -0.338 e. The normalized spacial score (nSPS) is 10.9. The van der Waals surface area contributed by atoms with Crippen molar-refractivity contribution in [1.29, 1.82) is 5.41 Å². The first-order valence-electron chi connectivity index (χ1n) is 4.29. The van der Waals surface area contributed by atoms with Crippen LogP contribution >= 0.6 is 0 Å². The van der Waals surface area contributed by atoms with Gasteiger partial charge in [0, 0.05) is 12.3 Å². The van der Waals surface area contributed by atoms with Crippen LogP contribution in [-0.2, 0) is 4.84 Å². The van der Waals surface area contributed by atoms with Crippen LogP contribution < -0.4 is 0 Å². The van der Waals surface area contributed by atoms with Crippen molar-refractivity contribution in [3.8, 4) is 0 Å². The fourth-order valence-electron chi connectivity index (χ4n) is 0.876. The maximum absolute atomic E-state index is 7.32. The molecule has 0 atom stereocenters. The van der Waals surface area contributed by atoms with Crippen molar-refractivity contribution in [1.82, 2.24) is 0 Å². The second-order valence-corrected chi connectivity index (χ2v) is 2.56. The van der Waals surface area contributed by atoms with Gasteiger partial charge >= 0.3 is 0 Å². The van der Waals surface area contributed by atoms with Crippen molar-refractivity contribution in [2.24, 2.45) is 5.16 Å². The van der Waals surface area contributed by atoms with E-state index in [1.807, 2.05) is 30.3 Å². The van der Waals surface area contributed by atoms with E-state index in [0.717, 1.165) is 5.56 Å². The Hall–Kier alpha value is -1.90. The predicted molar refractivity (Wildman–Crippen MR) is 58.5 cm³/mol. The number of hydrogen-bond donors (Lipinski definition) is 1. The van der Waals surface area contributed by atoms with Crippen LogP contribution in [0.5, 0.6) is 0 Å². The molecule has 0 saturated heterocycles. The number of oxime groups is 1. The lowest BCUT2D eigenvalue weighted by Crippen LogP contribution is -1.92. The highest BCUT2D eigenvalue weighted by Crippen LogP contribution is 2.00. The lowest BCUT2D eigenvalue weighted by Gasteiger charge is -1.93. The summed E-state index contributed by atoms with van der Waals surface area (Å²) in [5.41, 5.74) is 1.03. The molecule has 0 amide bonds. The molecular weight excluding hydrogens is 176 g/mol. The molecule has 3 nitrogen and oxygen atoms in total. The van der Waals surface area contributed by atoms with E-state index in [4.69, 9.17) is 5.41 Å². The van der Waals surface area contributed by atoms with Gasteiger partial charge in [0.15, 0.2) is 0 Å². The van der Waals surface area contributed by atoms with Gasteiger partial charge in [-0.15, -0.1) is 0 Å². The molecule has 0 aliphatic rings. The predicted octanol–water partition coefficient (Wildman–Crippen LogP) is 2.70. The summed E-state index contributed by atoms with van der Waals surface area (Å²) in [6.45, 7) is 1.73. The molecule has 0 unspecified atom stereocenters. The van der Waals surface area contributed by atoms with Gasteiger partial charge in [-0.1, -0.05) is 35.5 Å². The Morgan fingerprint density at radius 3 is 2.71 bits per heavy atom. The molecule has 3 heteroatoms. The summed E-state index contributed by atoms with van der Waals surface area (Å²) in [5, 5.41) is 10.8. The van der Waals surface area contributed by atoms with Gasteiger partial charge in [-0.25, -0.2) is 0 Å². The largest absolute Gasteiger partial charge is 0.338 e. The SMILES string of the molecule is CC=NOC(=N)C=Cc1ccccc1. The van der Waals surface area contributed by atoms with Crippen LogP contribution in [0.3, 0.4) is 0 Å². The summed E-state index contributed by atoms with van der Waals surface area (Å²) in [4.78, 5) is 4.68. The fourth-order valence-corrected chi connectivity index (χ4v) is 0.876. The second kappa shape index (κ2) is 5.70. The standard InChI is InChI=1S/C11H12N2O/c1-2-13-14-11(12)9-8-10-6-4-3-5-7-10/h2-9,12H,1H3. The van der Waals surface area contributed by atoms with E-state index in [1.165, 1.54) is 6.21 Å². The molecule has 0 spiro atoms. The maximum atomic E-state index is 7.32. The van der Waals surface area contributed by atoms with Crippen molar-refractivity contribution in [2.75, 3.05) is 0 Å². The number of nitrogens with one attached hydrogen (secondary N) is 1. The summed E-state index contributed by atoms with van der Waals surface area (Å²) < 4.78 is 0. The summed E-state index contributed by atoms with van der Waals surface area (Å²) in [5.74, 6) is 0.0203. The molecule has 0 aliphatic heterocycles. The van der Waals surface area contributed by atoms with Crippen molar-refractivity contribution in [3.63, 3.8) is 0 Å². The van der Waals surface area contributed by atoms with E-state index in [9.17, 15) is 0 Å². The van der Waals surface area contributed by atoms with Crippen molar-refractivity contribution in [2.45, 2.75) is 6.92 Å². The molecule has 14 heavy (non-hydrogen) atoms. The summed E-state index contributed by atoms with van der Waals surface area (Å²) in [6, 6.07) is 9.73. The lowest BCUT2D eigenvalue weighted by atomic mass is 10.2. The van der Waals surface area contributed by atoms with Gasteiger partial charge in [-0.2, -0.15) is 0 Å². The molecule has 1 N–H and O–H groups in total. The maximum Gasteiger partial charge on any atom is 0.241 e. The Morgan fingerprint density at radius 1 is 1.36 bits per heavy atom. The summed E-state index contributed by atoms with van der Waals surface area (Å²) >= 11 is 0. The minimum atomic E-state index is 0.0203. The molecule has 1 rings (SSSR count). The molecule has 0 radical (unpaired) electrons. The van der Waals surface area contributed by atoms with Crippen molar-refractivity contribution < 1.29 is 4.84 Å². The Labute approximate surface area is 83.2 Å². The van der Waals surface area contributed by atoms with Gasteiger partial charge < -0.3 is 4.84 Å². The first kappa shape index (κ1) is 10.2. The molecule has 72 valence electrons. The van der Waals surface area contributed by atoms with Gasteiger partial charge in [0.2, 0.25) is 5.90 Å². The lowest BCUT2D eigenvalue weighted by molar-refractivity contribution is 0.330. The Morgan fingerprint density at radius 2 is 2.07 bits per heavy atom. The van der Waals surface area contributed by atoms with E-state index >= 15 is 0 Å². The molecule has 0 aromatic heterocycles.